The molecule has 0 aromatic heterocycles. The number of halogens is 1. The van der Waals surface area contributed by atoms with Gasteiger partial charge in [-0.3, -0.25) is 57.5 Å². The van der Waals surface area contributed by atoms with Gasteiger partial charge in [-0.2, -0.15) is 0 Å². The number of aromatic hydroxyl groups is 1. The van der Waals surface area contributed by atoms with Crippen molar-refractivity contribution in [3.63, 3.8) is 0 Å². The Bertz CT molecular complexity index is 5000. The van der Waals surface area contributed by atoms with E-state index in [1.54, 1.807) is 71.0 Å². The number of amides is 13. The highest BCUT2D eigenvalue weighted by Gasteiger charge is 2.43. The molecular formula is C102H133IN15O17-. The first-order chi connectivity index (χ1) is 64.6. The van der Waals surface area contributed by atoms with Gasteiger partial charge < -0.3 is 104 Å². The van der Waals surface area contributed by atoms with Crippen molar-refractivity contribution in [2.75, 3.05) is 53.1 Å². The van der Waals surface area contributed by atoms with Crippen molar-refractivity contribution in [1.29, 1.82) is 0 Å². The van der Waals surface area contributed by atoms with Gasteiger partial charge in [0, 0.05) is 51.9 Å². The third kappa shape index (κ3) is 33.9. The lowest BCUT2D eigenvalue weighted by atomic mass is 9.77. The lowest BCUT2D eigenvalue weighted by molar-refractivity contribution is -0.142. The molecule has 7 aromatic carbocycles. The molecule has 15 N–H and O–H groups in total. The first-order valence-electron chi connectivity index (χ1n) is 46.3. The number of hydrogen-bond acceptors (Lipinski definition) is 19. The smallest absolute Gasteiger partial charge is 0.246 e. The van der Waals surface area contributed by atoms with Crippen LogP contribution in [0.4, 0.5) is 0 Å². The number of phenolic OH excluding ortho intramolecular Hbond substituents is 1. The highest BCUT2D eigenvalue weighted by atomic mass is 127. The molecule has 1 aliphatic rings. The summed E-state index contributed by atoms with van der Waals surface area (Å²) < 4.78 is 11.2. The average Bonchev–Trinajstić information content (AvgIpc) is 1.10. The molecule has 12 atom stereocenters. The molecule has 0 spiro atoms. The molecule has 1 heterocycles. The van der Waals surface area contributed by atoms with Crippen LogP contribution >= 0.6 is 22.6 Å². The maximum absolute atomic E-state index is 15.2. The highest BCUT2D eigenvalue weighted by molar-refractivity contribution is 14.1. The van der Waals surface area contributed by atoms with E-state index in [9.17, 15) is 62.6 Å². The molecular weight excluding hydrogens is 1830 g/mol. The van der Waals surface area contributed by atoms with E-state index in [1.807, 2.05) is 197 Å². The van der Waals surface area contributed by atoms with Crippen molar-refractivity contribution < 1.29 is 81.7 Å². The fraction of sp³-hybridized carbons (Fsp3) is 0.451. The van der Waals surface area contributed by atoms with Crippen LogP contribution in [0.1, 0.15) is 169 Å². The molecule has 1 aliphatic heterocycles. The minimum atomic E-state index is -1.44. The maximum atomic E-state index is 15.2. The number of phenols is 1. The van der Waals surface area contributed by atoms with Crippen LogP contribution < -0.4 is 69.5 Å². The second-order valence-electron chi connectivity index (χ2n) is 35.0. The van der Waals surface area contributed by atoms with Crippen LogP contribution in [0.2, 0.25) is 0 Å². The van der Waals surface area contributed by atoms with Gasteiger partial charge >= 0.3 is 0 Å². The van der Waals surface area contributed by atoms with Gasteiger partial charge in [0.05, 0.1) is 35.8 Å². The van der Waals surface area contributed by atoms with E-state index in [0.29, 0.717) is 63.1 Å². The number of ether oxygens (including phenoxy) is 2. The summed E-state index contributed by atoms with van der Waals surface area (Å²) in [5, 5.41) is 49.3. The molecule has 135 heavy (non-hydrogen) atoms. The van der Waals surface area contributed by atoms with Gasteiger partial charge in [0.15, 0.2) is 0 Å². The first-order valence-corrected chi connectivity index (χ1v) is 47.4. The molecule has 32 nitrogen and oxygen atoms in total. The number of likely N-dealkylation sites (tertiary alicyclic amines) is 1. The van der Waals surface area contributed by atoms with E-state index in [0.717, 1.165) is 22.3 Å². The number of nitrogens with one attached hydrogen (secondary N) is 12. The van der Waals surface area contributed by atoms with E-state index in [2.05, 4.69) is 63.8 Å². The quantitative estimate of drug-likeness (QED) is 0.0101. The molecule has 0 bridgehead atoms. The van der Waals surface area contributed by atoms with E-state index < -0.39 is 162 Å². The van der Waals surface area contributed by atoms with Gasteiger partial charge in [0.25, 0.3) is 0 Å². The van der Waals surface area contributed by atoms with Crippen LogP contribution in [0.15, 0.2) is 182 Å². The number of hydrogen-bond donors (Lipinski definition) is 14. The van der Waals surface area contributed by atoms with Gasteiger partial charge in [-0.05, 0) is 159 Å². The van der Waals surface area contributed by atoms with Crippen molar-refractivity contribution in [1.82, 2.24) is 68.7 Å². The number of carbonyl (C=O) groups excluding carboxylic acids is 14. The number of benzene rings is 7. The highest BCUT2D eigenvalue weighted by Crippen LogP contribution is 2.44. The number of nitrogens with zero attached hydrogens (tertiary/aromatic N) is 2. The summed E-state index contributed by atoms with van der Waals surface area (Å²) in [5.41, 5.74) is 11.8. The summed E-state index contributed by atoms with van der Waals surface area (Å²) in [4.78, 5) is 204. The van der Waals surface area contributed by atoms with E-state index >= 15 is 9.59 Å². The van der Waals surface area contributed by atoms with E-state index in [-0.39, 0.29) is 120 Å². The maximum Gasteiger partial charge on any atom is 0.246 e. The van der Waals surface area contributed by atoms with E-state index in [4.69, 9.17) is 20.5 Å². The topological polar surface area (TPSA) is 465 Å². The summed E-state index contributed by atoms with van der Waals surface area (Å²) >= 11 is 1.91. The van der Waals surface area contributed by atoms with Gasteiger partial charge in [-0.1, -0.05) is 253 Å². The van der Waals surface area contributed by atoms with Crippen LogP contribution in [-0.4, -0.2) is 206 Å². The second-order valence-corrected chi connectivity index (χ2v) is 36.1. The van der Waals surface area contributed by atoms with Crippen molar-refractivity contribution in [2.24, 2.45) is 23.5 Å². The molecule has 7 aromatic rings. The minimum Gasteiger partial charge on any atom is -0.637 e. The summed E-state index contributed by atoms with van der Waals surface area (Å²) in [7, 11) is 1.84. The summed E-state index contributed by atoms with van der Waals surface area (Å²) in [5.74, 6) is -11.1. The Labute approximate surface area is 804 Å². The van der Waals surface area contributed by atoms with Crippen molar-refractivity contribution >= 4 is 105 Å². The molecule has 0 radical (unpaired) electrons. The number of nitrogens with two attached hydrogens (primary N) is 1. The Kier molecular flexibility index (Phi) is 43.9. The second kappa shape index (κ2) is 54.9. The molecule has 0 aliphatic carbocycles. The van der Waals surface area contributed by atoms with Crippen LogP contribution in [0, 0.1) is 35.2 Å². The molecule has 33 heteroatoms. The minimum absolute atomic E-state index is 0.000265. The molecule has 726 valence electrons. The predicted molar refractivity (Wildman–Crippen MR) is 522 cm³/mol. The standard InChI is InChI=1S/C102H134IN15O17/c1-12-67(9)91(100(132)113-80(92(124)106-59-72-41-39-71(40-42-72)58-105-11)45-47-88(121)117-102(74-24-18-15-19-25-74,75-26-20-16-21-27-75)76-28-22-17-23-29-76)116-98(130)85(56-70-37-32-65(7)33-38-70)114-94(126)78(13-2)110-96(128)82(52-63(4)5)108-89(122)60-107-93(125)83(57-73-43-46-87(120)77(103)54-73)115-99(131)86-53-66(8)61-118(86)101(133)79(14-3)111-95(127)81(44-34-68(10)119)112-97(129)84(55-69-35-30-64(6)31-36-69)109-90(123)62-135-51-50-134-49-48-104/h15-33,35-43,46,54,63,66-67,78-86,91,105H,12-14,34,44-45,47-53,55-62,104H2,1-11H3,(H13,106,107,108,109,110,111,112,113,114,115,116,117,120,121,122,123,124,125,126,127,128,129,130,131,132)/p-1/t66-,67?,78+,79+,80+,81-,82+,83+,84+,85+,86+,91+/m1/s1. The molecule has 8 rings (SSSR count). The number of carbonyl (C=O) groups is 14. The normalized spacial score (nSPS) is 15.2. The Morgan fingerprint density at radius 3 is 1.48 bits per heavy atom. The fourth-order valence-electron chi connectivity index (χ4n) is 15.8. The first kappa shape index (κ1) is 108. The molecule has 1 saturated heterocycles. The van der Waals surface area contributed by atoms with Crippen LogP contribution in [0.3, 0.4) is 0 Å². The zero-order valence-corrected chi connectivity index (χ0v) is 81.2. The Balaban J connectivity index is 0.953. The third-order valence-corrected chi connectivity index (χ3v) is 24.4. The number of Topliss-reactive ketones (excluding diaryl/α,β-unsaturated/α-hetero) is 1. The molecule has 0 saturated carbocycles. The van der Waals surface area contributed by atoms with Crippen molar-refractivity contribution in [3.05, 3.63) is 247 Å². The summed E-state index contributed by atoms with van der Waals surface area (Å²) in [6.45, 7) is 17.8. The monoisotopic (exact) mass is 1970 g/mol. The largest absolute Gasteiger partial charge is 0.637 e. The van der Waals surface area contributed by atoms with Crippen LogP contribution in [0.5, 0.6) is 5.75 Å². The average molecular weight is 1970 g/mol. The summed E-state index contributed by atoms with van der Waals surface area (Å²) in [6, 6.07) is 41.7. The molecule has 13 amide bonds. The fourth-order valence-corrected chi connectivity index (χ4v) is 16.4. The Morgan fingerprint density at radius 2 is 0.941 bits per heavy atom. The molecule has 1 unspecified atom stereocenters. The zero-order valence-electron chi connectivity index (χ0n) is 79.0. The van der Waals surface area contributed by atoms with Crippen LogP contribution in [0.25, 0.3) is 5.32 Å². The van der Waals surface area contributed by atoms with Crippen molar-refractivity contribution in [2.45, 2.75) is 225 Å². The van der Waals surface area contributed by atoms with Gasteiger partial charge in [0.2, 0.25) is 70.9 Å². The predicted octanol–water partition coefficient (Wildman–Crippen LogP) is 7.34. The zero-order chi connectivity index (χ0) is 98.3. The Morgan fingerprint density at radius 1 is 0.489 bits per heavy atom. The molecule has 1 fully saturated rings. The number of rotatable bonds is 54. The van der Waals surface area contributed by atoms with Gasteiger partial charge in [0.1, 0.15) is 78.6 Å². The number of aryl methyl sites for hydroxylation is 2. The van der Waals surface area contributed by atoms with Gasteiger partial charge in [-0.25, -0.2) is 0 Å². The SMILES string of the molecule is CCC(C)[C@H](NC(=O)[C@H](Cc1ccc(C)cc1)NC(=O)[C@H](CC)NC(=O)[C@H](CC(C)C)NC(=O)CNC(=O)[C@H](Cc1ccc(O)c(I)c1)NC(=O)[C@@H]1C[C@@H](C)CN1C(=O)[C@H](CC)NC(=O)[C@@H](CCC(C)=O)NC(=O)[C@H](Cc1ccc(C)cc1)NC(=O)COCCOCCN)C(=O)N[C@@H](CCC(=O)[N-]C(c1ccccc1)(c1ccccc1)c1ccccc1)C(=O)NCc1ccc(CNC)cc1. The lowest BCUT2D eigenvalue weighted by Gasteiger charge is -2.48. The number of ketones is 1. The third-order valence-electron chi connectivity index (χ3n) is 23.5. The van der Waals surface area contributed by atoms with Crippen LogP contribution in [-0.2, 0) is 114 Å². The van der Waals surface area contributed by atoms with Gasteiger partial charge in [-0.15, -0.1) is 0 Å². The van der Waals surface area contributed by atoms with Crippen molar-refractivity contribution in [3.8, 4) is 5.75 Å². The van der Waals surface area contributed by atoms with E-state index in [1.165, 1.54) is 17.9 Å². The summed E-state index contributed by atoms with van der Waals surface area (Å²) in [6.07, 6.45) is -0.661. The lowest BCUT2D eigenvalue weighted by Crippen LogP contribution is -2.60. The Hall–Kier alpha value is -12.3.